The first-order valence-corrected chi connectivity index (χ1v) is 10.1. The fraction of sp³-hybridized carbons (Fsp3) is 0.500. The monoisotopic (exact) mass is 417 g/mol. The number of aromatic amines is 1. The predicted octanol–water partition coefficient (Wildman–Crippen LogP) is 3.22. The largest absolute Gasteiger partial charge is 0.480 e. The first-order valence-electron chi connectivity index (χ1n) is 10.1. The fourth-order valence-corrected chi connectivity index (χ4v) is 3.12. The van der Waals surface area contributed by atoms with Crippen molar-refractivity contribution in [3.8, 4) is 0 Å². The molecule has 1 aromatic heterocycles. The maximum absolute atomic E-state index is 12.9. The molecule has 8 heteroatoms. The average molecular weight is 418 g/mol. The van der Waals surface area contributed by atoms with Gasteiger partial charge in [0.15, 0.2) is 0 Å². The second-order valence-electron chi connectivity index (χ2n) is 8.47. The summed E-state index contributed by atoms with van der Waals surface area (Å²) in [6.07, 6.45) is 1.77. The Morgan fingerprint density at radius 2 is 1.83 bits per heavy atom. The summed E-state index contributed by atoms with van der Waals surface area (Å²) in [5, 5.41) is 15.7. The third kappa shape index (κ3) is 6.23. The Balaban J connectivity index is 2.15. The predicted molar refractivity (Wildman–Crippen MR) is 114 cm³/mol. The number of aliphatic carboxylic acids is 1. The van der Waals surface area contributed by atoms with E-state index in [9.17, 15) is 19.5 Å². The zero-order chi connectivity index (χ0) is 22.5. The van der Waals surface area contributed by atoms with Gasteiger partial charge in [-0.25, -0.2) is 9.59 Å². The van der Waals surface area contributed by atoms with Gasteiger partial charge in [0.2, 0.25) is 5.91 Å². The molecule has 3 unspecified atom stereocenters. The third-order valence-electron chi connectivity index (χ3n) is 4.88. The highest BCUT2D eigenvalue weighted by Gasteiger charge is 2.31. The van der Waals surface area contributed by atoms with Gasteiger partial charge in [0, 0.05) is 23.5 Å². The van der Waals surface area contributed by atoms with E-state index in [1.54, 1.807) is 27.0 Å². The average Bonchev–Trinajstić information content (AvgIpc) is 3.06. The molecule has 8 nitrogen and oxygen atoms in total. The molecule has 2 rings (SSSR count). The van der Waals surface area contributed by atoms with Gasteiger partial charge in [-0.2, -0.15) is 0 Å². The van der Waals surface area contributed by atoms with E-state index in [0.29, 0.717) is 6.42 Å². The van der Waals surface area contributed by atoms with Gasteiger partial charge in [0.1, 0.15) is 17.7 Å². The molecule has 0 aliphatic rings. The zero-order valence-corrected chi connectivity index (χ0v) is 18.1. The van der Waals surface area contributed by atoms with E-state index in [-0.39, 0.29) is 12.3 Å². The summed E-state index contributed by atoms with van der Waals surface area (Å²) in [4.78, 5) is 40.0. The lowest BCUT2D eigenvalue weighted by atomic mass is 9.97. The highest BCUT2D eigenvalue weighted by Crippen LogP contribution is 2.19. The van der Waals surface area contributed by atoms with Crippen LogP contribution in [0.4, 0.5) is 4.79 Å². The van der Waals surface area contributed by atoms with Crippen LogP contribution in [-0.4, -0.2) is 45.7 Å². The Labute approximate surface area is 176 Å². The van der Waals surface area contributed by atoms with Crippen LogP contribution in [-0.2, 0) is 20.7 Å². The van der Waals surface area contributed by atoms with Gasteiger partial charge in [-0.15, -0.1) is 0 Å². The molecule has 0 aliphatic carbocycles. The standard InChI is InChI=1S/C22H31N3O5/c1-6-13(2)18(25-21(29)30-22(3,4)5)19(26)24-17(20(27)28)11-14-12-23-16-10-8-7-9-15(14)16/h7-10,12-13,17-18,23H,6,11H2,1-5H3,(H,24,26)(H,25,29)(H,27,28). The molecule has 30 heavy (non-hydrogen) atoms. The number of aromatic nitrogens is 1. The summed E-state index contributed by atoms with van der Waals surface area (Å²) in [5.41, 5.74) is 0.977. The molecule has 1 aromatic carbocycles. The fourth-order valence-electron chi connectivity index (χ4n) is 3.12. The van der Waals surface area contributed by atoms with Gasteiger partial charge in [0.05, 0.1) is 0 Å². The Bertz CT molecular complexity index is 900. The number of hydrogen-bond acceptors (Lipinski definition) is 4. The van der Waals surface area contributed by atoms with E-state index >= 15 is 0 Å². The maximum atomic E-state index is 12.9. The van der Waals surface area contributed by atoms with E-state index in [2.05, 4.69) is 15.6 Å². The van der Waals surface area contributed by atoms with Crippen LogP contribution in [0, 0.1) is 5.92 Å². The second-order valence-corrected chi connectivity index (χ2v) is 8.47. The maximum Gasteiger partial charge on any atom is 0.408 e. The molecule has 4 N–H and O–H groups in total. The normalized spacial score (nSPS) is 14.6. The van der Waals surface area contributed by atoms with Crippen LogP contribution in [0.3, 0.4) is 0 Å². The molecule has 0 saturated heterocycles. The number of H-pyrrole nitrogens is 1. The minimum atomic E-state index is -1.14. The van der Waals surface area contributed by atoms with Crippen LogP contribution in [0.5, 0.6) is 0 Å². The number of benzene rings is 1. The van der Waals surface area contributed by atoms with Gasteiger partial charge in [0.25, 0.3) is 0 Å². The third-order valence-corrected chi connectivity index (χ3v) is 4.88. The quantitative estimate of drug-likeness (QED) is 0.526. The van der Waals surface area contributed by atoms with Gasteiger partial charge in [-0.3, -0.25) is 4.79 Å². The number of carboxylic acids is 1. The number of carbonyl (C=O) groups excluding carboxylic acids is 2. The SMILES string of the molecule is CCC(C)C(NC(=O)OC(C)(C)C)C(=O)NC(Cc1c[nH]c2ccccc12)C(=O)O. The summed E-state index contributed by atoms with van der Waals surface area (Å²) < 4.78 is 5.25. The van der Waals surface area contributed by atoms with Crippen molar-refractivity contribution < 1.29 is 24.2 Å². The number of amides is 2. The lowest BCUT2D eigenvalue weighted by Gasteiger charge is -2.27. The molecule has 3 atom stereocenters. The number of fused-ring (bicyclic) bond motifs is 1. The van der Waals surface area contributed by atoms with Gasteiger partial charge < -0.3 is 25.5 Å². The molecule has 0 bridgehead atoms. The lowest BCUT2D eigenvalue weighted by molar-refractivity contribution is -0.142. The van der Waals surface area contributed by atoms with Crippen molar-refractivity contribution in [1.82, 2.24) is 15.6 Å². The van der Waals surface area contributed by atoms with E-state index < -0.39 is 35.7 Å². The van der Waals surface area contributed by atoms with Gasteiger partial charge in [-0.1, -0.05) is 38.5 Å². The number of hydrogen-bond donors (Lipinski definition) is 4. The lowest BCUT2D eigenvalue weighted by Crippen LogP contribution is -2.55. The first-order chi connectivity index (χ1) is 14.0. The van der Waals surface area contributed by atoms with Crippen molar-refractivity contribution in [3.63, 3.8) is 0 Å². The molecule has 0 radical (unpaired) electrons. The summed E-state index contributed by atoms with van der Waals surface area (Å²) in [5.74, 6) is -1.91. The smallest absolute Gasteiger partial charge is 0.408 e. The minimum absolute atomic E-state index is 0.116. The van der Waals surface area contributed by atoms with Gasteiger partial charge in [-0.05, 0) is 38.3 Å². The van der Waals surface area contributed by atoms with Gasteiger partial charge >= 0.3 is 12.1 Å². The van der Waals surface area contributed by atoms with Crippen molar-refractivity contribution in [2.45, 2.75) is 65.1 Å². The highest BCUT2D eigenvalue weighted by molar-refractivity contribution is 5.90. The van der Waals surface area contributed by atoms with Crippen LogP contribution >= 0.6 is 0 Å². The van der Waals surface area contributed by atoms with E-state index in [1.807, 2.05) is 38.1 Å². The van der Waals surface area contributed by atoms with Crippen LogP contribution in [0.1, 0.15) is 46.6 Å². The topological polar surface area (TPSA) is 121 Å². The van der Waals surface area contributed by atoms with Crippen molar-refractivity contribution in [3.05, 3.63) is 36.0 Å². The number of carbonyl (C=O) groups is 3. The number of ether oxygens (including phenoxy) is 1. The number of para-hydroxylation sites is 1. The van der Waals surface area contributed by atoms with Crippen molar-refractivity contribution in [2.24, 2.45) is 5.92 Å². The van der Waals surface area contributed by atoms with Crippen molar-refractivity contribution >= 4 is 28.9 Å². The van der Waals surface area contributed by atoms with Crippen LogP contribution in [0.2, 0.25) is 0 Å². The molecule has 0 spiro atoms. The second kappa shape index (κ2) is 9.65. The minimum Gasteiger partial charge on any atom is -0.480 e. The number of rotatable bonds is 8. The van der Waals surface area contributed by atoms with E-state index in [0.717, 1.165) is 16.5 Å². The molecule has 0 fully saturated rings. The summed E-state index contributed by atoms with van der Waals surface area (Å²) in [7, 11) is 0. The van der Waals surface area contributed by atoms with Crippen LogP contribution in [0.25, 0.3) is 10.9 Å². The molecule has 2 amide bonds. The zero-order valence-electron chi connectivity index (χ0n) is 18.1. The number of nitrogens with one attached hydrogen (secondary N) is 3. The molecule has 0 aliphatic heterocycles. The summed E-state index contributed by atoms with van der Waals surface area (Å²) >= 11 is 0. The highest BCUT2D eigenvalue weighted by atomic mass is 16.6. The van der Waals surface area contributed by atoms with Crippen LogP contribution < -0.4 is 10.6 Å². The summed E-state index contributed by atoms with van der Waals surface area (Å²) in [6, 6.07) is 5.51. The first kappa shape index (κ1) is 23.3. The molecule has 1 heterocycles. The number of alkyl carbamates (subject to hydrolysis) is 1. The molecule has 2 aromatic rings. The van der Waals surface area contributed by atoms with Crippen LogP contribution in [0.15, 0.2) is 30.5 Å². The Hall–Kier alpha value is -3.03. The molecule has 164 valence electrons. The van der Waals surface area contributed by atoms with E-state index in [4.69, 9.17) is 4.74 Å². The van der Waals surface area contributed by atoms with Crippen molar-refractivity contribution in [2.75, 3.05) is 0 Å². The van der Waals surface area contributed by atoms with E-state index in [1.165, 1.54) is 0 Å². The number of carboxylic acid groups (broad SMARTS) is 1. The molecular formula is C22H31N3O5. The molecule has 0 saturated carbocycles. The van der Waals surface area contributed by atoms with Crippen molar-refractivity contribution in [1.29, 1.82) is 0 Å². The molecular weight excluding hydrogens is 386 g/mol. The summed E-state index contributed by atoms with van der Waals surface area (Å²) in [6.45, 7) is 8.89. The Morgan fingerprint density at radius 3 is 2.43 bits per heavy atom. The Kier molecular flexibility index (Phi) is 7.48. The Morgan fingerprint density at radius 1 is 1.17 bits per heavy atom.